The molecular weight excluding hydrogens is 380 g/mol. The molecule has 26 heavy (non-hydrogen) atoms. The lowest BCUT2D eigenvalue weighted by molar-refractivity contribution is -0.126. The van der Waals surface area contributed by atoms with Crippen LogP contribution >= 0.6 is 11.6 Å². The van der Waals surface area contributed by atoms with E-state index in [1.165, 1.54) is 10.6 Å². The number of amides is 1. The van der Waals surface area contributed by atoms with Crippen molar-refractivity contribution in [1.82, 2.24) is 19.8 Å². The standard InChI is InChI=1S/C16H19ClN4O4S/c1-26(23,24)21-8-6-12(7-9-21)16(22)18-10-14-19-15(20-25-14)11-2-4-13(17)5-3-11/h2-5,12H,6-10H2,1H3,(H,18,22). The van der Waals surface area contributed by atoms with Crippen molar-refractivity contribution < 1.29 is 17.7 Å². The van der Waals surface area contributed by atoms with Gasteiger partial charge in [-0.2, -0.15) is 4.98 Å². The van der Waals surface area contributed by atoms with Crippen LogP contribution in [0.2, 0.25) is 5.02 Å². The topological polar surface area (TPSA) is 105 Å². The maximum absolute atomic E-state index is 12.3. The van der Waals surface area contributed by atoms with Crippen molar-refractivity contribution in [1.29, 1.82) is 0 Å². The van der Waals surface area contributed by atoms with Crippen LogP contribution in [0.15, 0.2) is 28.8 Å². The van der Waals surface area contributed by atoms with Gasteiger partial charge in [0, 0.05) is 29.6 Å². The molecule has 0 atom stereocenters. The molecule has 2 aromatic rings. The Hall–Kier alpha value is -1.97. The molecular formula is C16H19ClN4O4S. The van der Waals surface area contributed by atoms with Crippen LogP contribution in [0.3, 0.4) is 0 Å². The molecule has 2 heterocycles. The molecule has 1 aromatic heterocycles. The number of piperidine rings is 1. The van der Waals surface area contributed by atoms with E-state index in [0.717, 1.165) is 5.56 Å². The summed E-state index contributed by atoms with van der Waals surface area (Å²) in [6.45, 7) is 0.849. The molecule has 10 heteroatoms. The Morgan fingerprint density at radius 2 is 1.96 bits per heavy atom. The quantitative estimate of drug-likeness (QED) is 0.821. The van der Waals surface area contributed by atoms with Gasteiger partial charge in [-0.15, -0.1) is 0 Å². The molecule has 0 unspecified atom stereocenters. The second kappa shape index (κ2) is 7.73. The number of hydrogen-bond donors (Lipinski definition) is 1. The third-order valence-corrected chi connectivity index (χ3v) is 5.83. The predicted molar refractivity (Wildman–Crippen MR) is 95.7 cm³/mol. The third kappa shape index (κ3) is 4.60. The first-order valence-electron chi connectivity index (χ1n) is 8.14. The molecule has 1 amide bonds. The van der Waals surface area contributed by atoms with Crippen LogP contribution in [0.1, 0.15) is 18.7 Å². The van der Waals surface area contributed by atoms with Gasteiger partial charge in [0.2, 0.25) is 27.6 Å². The summed E-state index contributed by atoms with van der Waals surface area (Å²) in [6.07, 6.45) is 2.18. The molecule has 1 fully saturated rings. The lowest BCUT2D eigenvalue weighted by Gasteiger charge is -2.29. The van der Waals surface area contributed by atoms with Crippen LogP contribution in [0.5, 0.6) is 0 Å². The molecule has 8 nitrogen and oxygen atoms in total. The number of hydrogen-bond acceptors (Lipinski definition) is 6. The molecule has 3 rings (SSSR count). The van der Waals surface area contributed by atoms with Gasteiger partial charge in [-0.05, 0) is 37.1 Å². The fourth-order valence-electron chi connectivity index (χ4n) is 2.80. The number of aromatic nitrogens is 2. The maximum atomic E-state index is 12.3. The highest BCUT2D eigenvalue weighted by molar-refractivity contribution is 7.88. The summed E-state index contributed by atoms with van der Waals surface area (Å²) in [5.41, 5.74) is 0.767. The molecule has 1 saturated heterocycles. The first-order chi connectivity index (χ1) is 12.3. The van der Waals surface area contributed by atoms with E-state index in [9.17, 15) is 13.2 Å². The number of carbonyl (C=O) groups is 1. The van der Waals surface area contributed by atoms with Crippen molar-refractivity contribution in [2.45, 2.75) is 19.4 Å². The average molecular weight is 399 g/mol. The van der Waals surface area contributed by atoms with Crippen molar-refractivity contribution in [3.8, 4) is 11.4 Å². The van der Waals surface area contributed by atoms with Gasteiger partial charge < -0.3 is 9.84 Å². The summed E-state index contributed by atoms with van der Waals surface area (Å²) in [6, 6.07) is 7.03. The number of sulfonamides is 1. The second-order valence-corrected chi connectivity index (χ2v) is 8.59. The Kier molecular flexibility index (Phi) is 5.59. The SMILES string of the molecule is CS(=O)(=O)N1CCC(C(=O)NCc2nc(-c3ccc(Cl)cc3)no2)CC1. The molecule has 140 valence electrons. The van der Waals surface area contributed by atoms with E-state index < -0.39 is 10.0 Å². The van der Waals surface area contributed by atoms with Crippen LogP contribution < -0.4 is 5.32 Å². The maximum Gasteiger partial charge on any atom is 0.246 e. The van der Waals surface area contributed by atoms with Crippen LogP contribution in [0.4, 0.5) is 0 Å². The van der Waals surface area contributed by atoms with E-state index in [-0.39, 0.29) is 18.4 Å². The minimum absolute atomic E-state index is 0.131. The normalized spacial score (nSPS) is 16.5. The zero-order valence-electron chi connectivity index (χ0n) is 14.2. The van der Waals surface area contributed by atoms with E-state index in [1.807, 2.05) is 0 Å². The summed E-state index contributed by atoms with van der Waals surface area (Å²) in [5.74, 6) is 0.375. The monoisotopic (exact) mass is 398 g/mol. The van der Waals surface area contributed by atoms with E-state index in [1.54, 1.807) is 24.3 Å². The zero-order chi connectivity index (χ0) is 18.7. The Labute approximate surface area is 156 Å². The third-order valence-electron chi connectivity index (χ3n) is 4.28. The van der Waals surface area contributed by atoms with Gasteiger partial charge in [0.25, 0.3) is 0 Å². The summed E-state index contributed by atoms with van der Waals surface area (Å²) < 4.78 is 29.6. The van der Waals surface area contributed by atoms with Gasteiger partial charge in [0.15, 0.2) is 0 Å². The Balaban J connectivity index is 1.52. The molecule has 0 radical (unpaired) electrons. The Morgan fingerprint density at radius 1 is 1.31 bits per heavy atom. The van der Waals surface area contributed by atoms with Gasteiger partial charge >= 0.3 is 0 Å². The molecule has 1 aromatic carbocycles. The Bertz CT molecular complexity index is 874. The van der Waals surface area contributed by atoms with E-state index in [0.29, 0.717) is 42.7 Å². The summed E-state index contributed by atoms with van der Waals surface area (Å²) in [5, 5.41) is 7.28. The summed E-state index contributed by atoms with van der Waals surface area (Å²) >= 11 is 5.85. The number of halogens is 1. The number of benzene rings is 1. The number of nitrogens with zero attached hydrogens (tertiary/aromatic N) is 3. The van der Waals surface area contributed by atoms with Gasteiger partial charge in [0.1, 0.15) is 0 Å². The van der Waals surface area contributed by atoms with Gasteiger partial charge in [-0.3, -0.25) is 4.79 Å². The lowest BCUT2D eigenvalue weighted by Crippen LogP contribution is -2.42. The van der Waals surface area contributed by atoms with Crippen LogP contribution in [0.25, 0.3) is 11.4 Å². The molecule has 0 spiro atoms. The van der Waals surface area contributed by atoms with E-state index in [4.69, 9.17) is 16.1 Å². The van der Waals surface area contributed by atoms with E-state index >= 15 is 0 Å². The molecule has 1 aliphatic heterocycles. The average Bonchev–Trinajstić information content (AvgIpc) is 3.08. The molecule has 0 bridgehead atoms. The highest BCUT2D eigenvalue weighted by atomic mass is 35.5. The first-order valence-corrected chi connectivity index (χ1v) is 10.4. The zero-order valence-corrected chi connectivity index (χ0v) is 15.8. The molecule has 1 aliphatic rings. The Morgan fingerprint density at radius 3 is 2.58 bits per heavy atom. The largest absolute Gasteiger partial charge is 0.347 e. The van der Waals surface area contributed by atoms with Crippen LogP contribution in [-0.2, 0) is 21.4 Å². The van der Waals surface area contributed by atoms with Gasteiger partial charge in [-0.25, -0.2) is 12.7 Å². The number of carbonyl (C=O) groups excluding carboxylic acids is 1. The van der Waals surface area contributed by atoms with E-state index in [2.05, 4.69) is 15.5 Å². The van der Waals surface area contributed by atoms with Crippen LogP contribution in [-0.4, -0.2) is 48.1 Å². The smallest absolute Gasteiger partial charge is 0.246 e. The predicted octanol–water partition coefficient (Wildman–Crippen LogP) is 1.68. The van der Waals surface area contributed by atoms with Crippen molar-refractivity contribution >= 4 is 27.5 Å². The fraction of sp³-hybridized carbons (Fsp3) is 0.438. The van der Waals surface area contributed by atoms with Crippen molar-refractivity contribution in [2.75, 3.05) is 19.3 Å². The minimum Gasteiger partial charge on any atom is -0.347 e. The highest BCUT2D eigenvalue weighted by Crippen LogP contribution is 2.20. The fourth-order valence-corrected chi connectivity index (χ4v) is 3.80. The number of rotatable bonds is 5. The number of nitrogens with one attached hydrogen (secondary N) is 1. The van der Waals surface area contributed by atoms with Crippen molar-refractivity contribution in [3.63, 3.8) is 0 Å². The van der Waals surface area contributed by atoms with Crippen molar-refractivity contribution in [3.05, 3.63) is 35.2 Å². The summed E-state index contributed by atoms with van der Waals surface area (Å²) in [7, 11) is -3.20. The van der Waals surface area contributed by atoms with Gasteiger partial charge in [0.05, 0.1) is 12.8 Å². The molecule has 1 N–H and O–H groups in total. The molecule has 0 saturated carbocycles. The van der Waals surface area contributed by atoms with Crippen molar-refractivity contribution in [2.24, 2.45) is 5.92 Å². The summed E-state index contributed by atoms with van der Waals surface area (Å²) in [4.78, 5) is 16.5. The minimum atomic E-state index is -3.20. The second-order valence-electron chi connectivity index (χ2n) is 6.17. The first kappa shape index (κ1) is 18.8. The molecule has 0 aliphatic carbocycles. The van der Waals surface area contributed by atoms with Crippen LogP contribution in [0, 0.1) is 5.92 Å². The lowest BCUT2D eigenvalue weighted by atomic mass is 9.97. The highest BCUT2D eigenvalue weighted by Gasteiger charge is 2.28. The van der Waals surface area contributed by atoms with Gasteiger partial charge in [-0.1, -0.05) is 16.8 Å².